The van der Waals surface area contributed by atoms with E-state index in [1.165, 1.54) is 5.57 Å². The highest BCUT2D eigenvalue weighted by Gasteiger charge is 2.13. The number of hydrogen-bond acceptors (Lipinski definition) is 2. The van der Waals surface area contributed by atoms with Gasteiger partial charge in [0.15, 0.2) is 0 Å². The summed E-state index contributed by atoms with van der Waals surface area (Å²) in [4.78, 5) is 0. The summed E-state index contributed by atoms with van der Waals surface area (Å²) in [7, 11) is 1.68. The van der Waals surface area contributed by atoms with Crippen LogP contribution >= 0.6 is 15.9 Å². The van der Waals surface area contributed by atoms with Crippen LogP contribution in [0.2, 0.25) is 0 Å². The van der Waals surface area contributed by atoms with Gasteiger partial charge < -0.3 is 9.47 Å². The summed E-state index contributed by atoms with van der Waals surface area (Å²) in [5.74, 6) is 0.935. The average Bonchev–Trinajstić information content (AvgIpc) is 2.41. The minimum absolute atomic E-state index is 0.768. The lowest BCUT2D eigenvalue weighted by atomic mass is 10.0. The number of halogens is 1. The van der Waals surface area contributed by atoms with Gasteiger partial charge in [-0.1, -0.05) is 15.9 Å². The van der Waals surface area contributed by atoms with Crippen molar-refractivity contribution in [1.82, 2.24) is 0 Å². The monoisotopic (exact) mass is 268 g/mol. The molecule has 15 heavy (non-hydrogen) atoms. The van der Waals surface area contributed by atoms with Crippen LogP contribution in [-0.4, -0.2) is 13.7 Å². The zero-order chi connectivity index (χ0) is 10.7. The van der Waals surface area contributed by atoms with Crippen LogP contribution in [0.4, 0.5) is 0 Å². The maximum absolute atomic E-state index is 5.68. The number of rotatable bonds is 1. The number of benzene rings is 1. The molecule has 0 unspecified atom stereocenters. The summed E-state index contributed by atoms with van der Waals surface area (Å²) in [6, 6.07) is 6.09. The summed E-state index contributed by atoms with van der Waals surface area (Å²) < 4.78 is 11.8. The maximum atomic E-state index is 5.68. The minimum Gasteiger partial charge on any atom is -0.504 e. The van der Waals surface area contributed by atoms with E-state index in [-0.39, 0.29) is 0 Å². The molecule has 0 radical (unpaired) electrons. The SMILES string of the molecule is CO/C=C1/CCCOc2cc(Br)ccc21. The fourth-order valence-corrected chi connectivity index (χ4v) is 2.07. The predicted octanol–water partition coefficient (Wildman–Crippen LogP) is 3.61. The minimum atomic E-state index is 0.768. The Morgan fingerprint density at radius 3 is 3.13 bits per heavy atom. The van der Waals surface area contributed by atoms with E-state index < -0.39 is 0 Å². The second kappa shape index (κ2) is 4.71. The number of ether oxygens (including phenoxy) is 2. The van der Waals surface area contributed by atoms with Gasteiger partial charge in [0.1, 0.15) is 5.75 Å². The van der Waals surface area contributed by atoms with Gasteiger partial charge in [-0.05, 0) is 36.6 Å². The highest BCUT2D eigenvalue weighted by atomic mass is 79.9. The van der Waals surface area contributed by atoms with Gasteiger partial charge in [-0.15, -0.1) is 0 Å². The van der Waals surface area contributed by atoms with Gasteiger partial charge in [0.05, 0.1) is 20.0 Å². The Bertz CT molecular complexity index is 385. The van der Waals surface area contributed by atoms with Crippen LogP contribution in [0, 0.1) is 0 Å². The molecular weight excluding hydrogens is 256 g/mol. The number of allylic oxidation sites excluding steroid dienone is 1. The Kier molecular flexibility index (Phi) is 3.31. The van der Waals surface area contributed by atoms with Crippen molar-refractivity contribution in [3.05, 3.63) is 34.5 Å². The van der Waals surface area contributed by atoms with E-state index >= 15 is 0 Å². The first kappa shape index (κ1) is 10.6. The zero-order valence-electron chi connectivity index (χ0n) is 8.63. The molecule has 0 aromatic heterocycles. The second-order valence-corrected chi connectivity index (χ2v) is 4.39. The Balaban J connectivity index is 2.45. The summed E-state index contributed by atoms with van der Waals surface area (Å²) in [5.41, 5.74) is 2.34. The van der Waals surface area contributed by atoms with E-state index in [0.29, 0.717) is 0 Å². The molecule has 0 saturated heterocycles. The van der Waals surface area contributed by atoms with Crippen molar-refractivity contribution in [1.29, 1.82) is 0 Å². The van der Waals surface area contributed by atoms with E-state index in [0.717, 1.165) is 35.2 Å². The second-order valence-electron chi connectivity index (χ2n) is 3.47. The molecule has 2 rings (SSSR count). The Morgan fingerprint density at radius 1 is 1.47 bits per heavy atom. The zero-order valence-corrected chi connectivity index (χ0v) is 10.2. The maximum Gasteiger partial charge on any atom is 0.128 e. The quantitative estimate of drug-likeness (QED) is 0.725. The van der Waals surface area contributed by atoms with Crippen LogP contribution in [-0.2, 0) is 4.74 Å². The molecule has 1 heterocycles. The lowest BCUT2D eigenvalue weighted by Gasteiger charge is -2.08. The third kappa shape index (κ3) is 2.34. The molecule has 0 aliphatic carbocycles. The lowest BCUT2D eigenvalue weighted by Crippen LogP contribution is -1.94. The van der Waals surface area contributed by atoms with Crippen molar-refractivity contribution in [3.63, 3.8) is 0 Å². The lowest BCUT2D eigenvalue weighted by molar-refractivity contribution is 0.317. The molecule has 1 aliphatic heterocycles. The predicted molar refractivity (Wildman–Crippen MR) is 63.9 cm³/mol. The first-order chi connectivity index (χ1) is 7.31. The molecule has 1 aromatic rings. The first-order valence-corrected chi connectivity index (χ1v) is 5.75. The van der Waals surface area contributed by atoms with Crippen molar-refractivity contribution >= 4 is 21.5 Å². The van der Waals surface area contributed by atoms with Gasteiger partial charge in [-0.25, -0.2) is 0 Å². The van der Waals surface area contributed by atoms with Crippen LogP contribution in [0.15, 0.2) is 28.9 Å². The molecule has 3 heteroatoms. The molecule has 1 aromatic carbocycles. The summed E-state index contributed by atoms with van der Waals surface area (Å²) in [5, 5.41) is 0. The molecule has 0 bridgehead atoms. The molecule has 0 fully saturated rings. The Labute approximate surface area is 98.0 Å². The molecule has 2 nitrogen and oxygen atoms in total. The van der Waals surface area contributed by atoms with E-state index in [9.17, 15) is 0 Å². The topological polar surface area (TPSA) is 18.5 Å². The van der Waals surface area contributed by atoms with Gasteiger partial charge in [0.25, 0.3) is 0 Å². The molecule has 1 aliphatic rings. The van der Waals surface area contributed by atoms with Crippen LogP contribution in [0.3, 0.4) is 0 Å². The van der Waals surface area contributed by atoms with E-state index in [4.69, 9.17) is 9.47 Å². The van der Waals surface area contributed by atoms with Crippen LogP contribution in [0.5, 0.6) is 5.75 Å². The Morgan fingerprint density at radius 2 is 2.33 bits per heavy atom. The first-order valence-electron chi connectivity index (χ1n) is 4.96. The third-order valence-electron chi connectivity index (χ3n) is 2.40. The molecule has 0 N–H and O–H groups in total. The fraction of sp³-hybridized carbons (Fsp3) is 0.333. The van der Waals surface area contributed by atoms with Gasteiger partial charge >= 0.3 is 0 Å². The van der Waals surface area contributed by atoms with Crippen LogP contribution < -0.4 is 4.74 Å². The van der Waals surface area contributed by atoms with Gasteiger partial charge in [0, 0.05) is 10.0 Å². The van der Waals surface area contributed by atoms with Gasteiger partial charge in [0.2, 0.25) is 0 Å². The standard InChI is InChI=1S/C12H13BrO2/c1-14-8-9-3-2-6-15-12-7-10(13)4-5-11(9)12/h4-5,7-8H,2-3,6H2,1H3/b9-8-. The fourth-order valence-electron chi connectivity index (χ4n) is 1.72. The summed E-state index contributed by atoms with van der Waals surface area (Å²) >= 11 is 3.44. The van der Waals surface area contributed by atoms with Crippen LogP contribution in [0.1, 0.15) is 18.4 Å². The smallest absolute Gasteiger partial charge is 0.128 e. The van der Waals surface area contributed by atoms with E-state index in [1.807, 2.05) is 12.1 Å². The number of hydrogen-bond donors (Lipinski definition) is 0. The van der Waals surface area contributed by atoms with Gasteiger partial charge in [-0.3, -0.25) is 0 Å². The van der Waals surface area contributed by atoms with Gasteiger partial charge in [-0.2, -0.15) is 0 Å². The van der Waals surface area contributed by atoms with Crippen molar-refractivity contribution in [2.24, 2.45) is 0 Å². The summed E-state index contributed by atoms with van der Waals surface area (Å²) in [6.07, 6.45) is 3.84. The van der Waals surface area contributed by atoms with Crippen molar-refractivity contribution in [2.45, 2.75) is 12.8 Å². The van der Waals surface area contributed by atoms with Crippen molar-refractivity contribution < 1.29 is 9.47 Å². The van der Waals surface area contributed by atoms with E-state index in [1.54, 1.807) is 13.4 Å². The molecule has 80 valence electrons. The Hall–Kier alpha value is -0.960. The molecule has 0 saturated carbocycles. The normalized spacial score (nSPS) is 17.9. The third-order valence-corrected chi connectivity index (χ3v) is 2.89. The van der Waals surface area contributed by atoms with Crippen molar-refractivity contribution in [3.8, 4) is 5.75 Å². The highest BCUT2D eigenvalue weighted by Crippen LogP contribution is 2.34. The molecule has 0 spiro atoms. The average molecular weight is 269 g/mol. The number of methoxy groups -OCH3 is 1. The van der Waals surface area contributed by atoms with E-state index in [2.05, 4.69) is 22.0 Å². The highest BCUT2D eigenvalue weighted by molar-refractivity contribution is 9.10. The molecular formula is C12H13BrO2. The van der Waals surface area contributed by atoms with Crippen molar-refractivity contribution in [2.75, 3.05) is 13.7 Å². The molecule has 0 amide bonds. The number of fused-ring (bicyclic) bond motifs is 1. The molecule has 0 atom stereocenters. The van der Waals surface area contributed by atoms with Crippen LogP contribution in [0.25, 0.3) is 5.57 Å². The summed E-state index contributed by atoms with van der Waals surface area (Å²) in [6.45, 7) is 0.768. The largest absolute Gasteiger partial charge is 0.504 e.